The molecule has 2 nitrogen and oxygen atoms in total. The van der Waals surface area contributed by atoms with Crippen LogP contribution in [0.3, 0.4) is 0 Å². The van der Waals surface area contributed by atoms with Gasteiger partial charge in [0.15, 0.2) is 0 Å². The Hall–Kier alpha value is -0.560. The van der Waals surface area contributed by atoms with Crippen molar-refractivity contribution in [3.05, 3.63) is 33.8 Å². The highest BCUT2D eigenvalue weighted by Crippen LogP contribution is 2.32. The number of benzene rings is 1. The Balaban J connectivity index is 2.19. The van der Waals surface area contributed by atoms with Crippen molar-refractivity contribution in [3.8, 4) is 0 Å². The summed E-state index contributed by atoms with van der Waals surface area (Å²) in [5.74, 6) is 0.181. The Labute approximate surface area is 137 Å². The van der Waals surface area contributed by atoms with Gasteiger partial charge in [-0.2, -0.15) is 13.2 Å². The van der Waals surface area contributed by atoms with E-state index in [0.717, 1.165) is 30.3 Å². The molecule has 2 rings (SSSR count). The summed E-state index contributed by atoms with van der Waals surface area (Å²) >= 11 is 6.59. The van der Waals surface area contributed by atoms with Crippen LogP contribution in [0.5, 0.6) is 0 Å². The fourth-order valence-corrected chi connectivity index (χ4v) is 3.39. The van der Waals surface area contributed by atoms with E-state index in [-0.39, 0.29) is 11.5 Å². The zero-order chi connectivity index (χ0) is 15.6. The van der Waals surface area contributed by atoms with Crippen LogP contribution < -0.4 is 0 Å². The van der Waals surface area contributed by atoms with E-state index in [1.807, 2.05) is 0 Å². The smallest absolute Gasteiger partial charge is 0.339 e. The molecule has 1 aromatic rings. The minimum atomic E-state index is -4.45. The second-order valence-electron chi connectivity index (χ2n) is 5.08. The third-order valence-corrected chi connectivity index (χ3v) is 5.25. The van der Waals surface area contributed by atoms with Crippen molar-refractivity contribution in [1.82, 2.24) is 4.90 Å². The number of amides is 1. The van der Waals surface area contributed by atoms with Crippen LogP contribution in [0.4, 0.5) is 13.2 Å². The van der Waals surface area contributed by atoms with Crippen LogP contribution in [-0.4, -0.2) is 29.2 Å². The van der Waals surface area contributed by atoms with E-state index in [1.165, 1.54) is 6.07 Å². The normalized spacial score (nSPS) is 17.1. The largest absolute Gasteiger partial charge is 0.416 e. The van der Waals surface area contributed by atoms with Crippen molar-refractivity contribution in [2.75, 3.05) is 18.4 Å². The Morgan fingerprint density at radius 2 is 1.90 bits per heavy atom. The Bertz CT molecular complexity index is 525. The van der Waals surface area contributed by atoms with Gasteiger partial charge in [-0.05, 0) is 52.9 Å². The summed E-state index contributed by atoms with van der Waals surface area (Å²) in [6.07, 6.45) is -2.71. The number of piperidine rings is 1. The molecule has 0 bridgehead atoms. The number of alkyl halides is 4. The molecular formula is C14H14Br2F3NO. The van der Waals surface area contributed by atoms with Gasteiger partial charge in [0.2, 0.25) is 0 Å². The molecule has 0 aliphatic carbocycles. The van der Waals surface area contributed by atoms with E-state index in [0.29, 0.717) is 23.5 Å². The van der Waals surface area contributed by atoms with Gasteiger partial charge in [-0.1, -0.05) is 15.9 Å². The molecule has 1 fully saturated rings. The molecule has 0 N–H and O–H groups in total. The van der Waals surface area contributed by atoms with Crippen molar-refractivity contribution in [1.29, 1.82) is 0 Å². The molecule has 1 aliphatic heterocycles. The Kier molecular flexibility index (Phi) is 5.35. The number of hydrogen-bond acceptors (Lipinski definition) is 1. The number of halogens is 5. The first-order chi connectivity index (χ1) is 9.82. The summed E-state index contributed by atoms with van der Waals surface area (Å²) in [4.78, 5) is 14.0. The summed E-state index contributed by atoms with van der Waals surface area (Å²) in [7, 11) is 0. The SMILES string of the molecule is O=C(c1cc(C(F)(F)F)ccc1Br)N1CCC(CBr)CC1. The first-order valence-electron chi connectivity index (χ1n) is 6.55. The molecule has 0 atom stereocenters. The number of rotatable bonds is 2. The maximum absolute atomic E-state index is 12.8. The van der Waals surface area contributed by atoms with Gasteiger partial charge in [-0.15, -0.1) is 0 Å². The summed E-state index contributed by atoms with van der Waals surface area (Å²) in [6, 6.07) is 3.17. The Morgan fingerprint density at radius 1 is 1.29 bits per heavy atom. The molecule has 0 unspecified atom stereocenters. The minimum Gasteiger partial charge on any atom is -0.339 e. The Morgan fingerprint density at radius 3 is 2.43 bits per heavy atom. The number of nitrogens with zero attached hydrogens (tertiary/aromatic N) is 1. The van der Waals surface area contributed by atoms with Gasteiger partial charge in [0.05, 0.1) is 11.1 Å². The summed E-state index contributed by atoms with van der Waals surface area (Å²) < 4.78 is 38.7. The molecule has 0 saturated carbocycles. The number of carbonyl (C=O) groups is 1. The van der Waals surface area contributed by atoms with E-state index in [1.54, 1.807) is 4.90 Å². The van der Waals surface area contributed by atoms with Crippen LogP contribution in [-0.2, 0) is 6.18 Å². The third-order valence-electron chi connectivity index (χ3n) is 3.64. The van der Waals surface area contributed by atoms with Gasteiger partial charge in [-0.3, -0.25) is 4.79 Å². The summed E-state index contributed by atoms with van der Waals surface area (Å²) in [6.45, 7) is 1.16. The molecule has 116 valence electrons. The van der Waals surface area contributed by atoms with Crippen LogP contribution >= 0.6 is 31.9 Å². The van der Waals surface area contributed by atoms with Crippen LogP contribution in [0.2, 0.25) is 0 Å². The van der Waals surface area contributed by atoms with E-state index >= 15 is 0 Å². The number of carbonyl (C=O) groups excluding carboxylic acids is 1. The van der Waals surface area contributed by atoms with Crippen LogP contribution in [0.25, 0.3) is 0 Å². The molecule has 1 aromatic carbocycles. The molecule has 0 aromatic heterocycles. The van der Waals surface area contributed by atoms with Gasteiger partial charge < -0.3 is 4.90 Å². The van der Waals surface area contributed by atoms with Crippen molar-refractivity contribution >= 4 is 37.8 Å². The molecule has 1 heterocycles. The lowest BCUT2D eigenvalue weighted by molar-refractivity contribution is -0.137. The predicted molar refractivity (Wildman–Crippen MR) is 81.6 cm³/mol. The number of hydrogen-bond donors (Lipinski definition) is 0. The van der Waals surface area contributed by atoms with Gasteiger partial charge in [-0.25, -0.2) is 0 Å². The predicted octanol–water partition coefficient (Wildman–Crippen LogP) is 4.72. The van der Waals surface area contributed by atoms with Crippen LogP contribution in [0.15, 0.2) is 22.7 Å². The lowest BCUT2D eigenvalue weighted by Crippen LogP contribution is -2.39. The molecule has 7 heteroatoms. The monoisotopic (exact) mass is 427 g/mol. The number of likely N-dealkylation sites (tertiary alicyclic amines) is 1. The molecule has 0 radical (unpaired) electrons. The lowest BCUT2D eigenvalue weighted by atomic mass is 9.98. The van der Waals surface area contributed by atoms with Gasteiger partial charge >= 0.3 is 6.18 Å². The van der Waals surface area contributed by atoms with E-state index in [2.05, 4.69) is 31.9 Å². The van der Waals surface area contributed by atoms with Crippen molar-refractivity contribution < 1.29 is 18.0 Å². The zero-order valence-electron chi connectivity index (χ0n) is 11.1. The van der Waals surface area contributed by atoms with Crippen molar-refractivity contribution in [2.24, 2.45) is 5.92 Å². The van der Waals surface area contributed by atoms with Crippen LogP contribution in [0.1, 0.15) is 28.8 Å². The fourth-order valence-electron chi connectivity index (χ4n) is 2.33. The minimum absolute atomic E-state index is 0.0714. The zero-order valence-corrected chi connectivity index (χ0v) is 14.3. The first kappa shape index (κ1) is 16.8. The average molecular weight is 429 g/mol. The molecule has 1 aliphatic rings. The molecule has 0 spiro atoms. The highest BCUT2D eigenvalue weighted by molar-refractivity contribution is 9.10. The second kappa shape index (κ2) is 6.69. The van der Waals surface area contributed by atoms with Gasteiger partial charge in [0.25, 0.3) is 5.91 Å². The molecule has 1 amide bonds. The van der Waals surface area contributed by atoms with E-state index in [9.17, 15) is 18.0 Å². The maximum atomic E-state index is 12.8. The summed E-state index contributed by atoms with van der Waals surface area (Å²) in [5.41, 5.74) is -0.730. The lowest BCUT2D eigenvalue weighted by Gasteiger charge is -2.31. The quantitative estimate of drug-likeness (QED) is 0.624. The van der Waals surface area contributed by atoms with E-state index in [4.69, 9.17) is 0 Å². The summed E-state index contributed by atoms with van der Waals surface area (Å²) in [5, 5.41) is 0.891. The van der Waals surface area contributed by atoms with Crippen molar-refractivity contribution in [3.63, 3.8) is 0 Å². The molecule has 21 heavy (non-hydrogen) atoms. The average Bonchev–Trinajstić information content (AvgIpc) is 2.46. The fraction of sp³-hybridized carbons (Fsp3) is 0.500. The highest BCUT2D eigenvalue weighted by atomic mass is 79.9. The topological polar surface area (TPSA) is 20.3 Å². The highest BCUT2D eigenvalue weighted by Gasteiger charge is 2.32. The van der Waals surface area contributed by atoms with Gasteiger partial charge in [0.1, 0.15) is 0 Å². The first-order valence-corrected chi connectivity index (χ1v) is 8.46. The van der Waals surface area contributed by atoms with Gasteiger partial charge in [0, 0.05) is 22.9 Å². The standard InChI is InChI=1S/C14H14Br2F3NO/c15-8-9-3-5-20(6-4-9)13(21)11-7-10(14(17,18)19)1-2-12(11)16/h1-2,7,9H,3-6,8H2. The van der Waals surface area contributed by atoms with E-state index < -0.39 is 11.7 Å². The maximum Gasteiger partial charge on any atom is 0.416 e. The second-order valence-corrected chi connectivity index (χ2v) is 6.58. The third kappa shape index (κ3) is 4.00. The van der Waals surface area contributed by atoms with Crippen molar-refractivity contribution in [2.45, 2.75) is 19.0 Å². The molecular weight excluding hydrogens is 415 g/mol. The van der Waals surface area contributed by atoms with Crippen LogP contribution in [0, 0.1) is 5.92 Å². The molecule has 1 saturated heterocycles.